The van der Waals surface area contributed by atoms with Crippen molar-refractivity contribution in [2.24, 2.45) is 0 Å². The minimum atomic E-state index is -0.669. The molecule has 0 saturated carbocycles. The molecule has 0 rings (SSSR count). The second kappa shape index (κ2) is 64.6. The Hall–Kier alpha value is -1.92. The van der Waals surface area contributed by atoms with E-state index in [4.69, 9.17) is 4.74 Å². The van der Waals surface area contributed by atoms with Crippen LogP contribution in [0.3, 0.4) is 0 Å². The van der Waals surface area contributed by atoms with Crippen molar-refractivity contribution >= 4 is 11.9 Å². The number of aliphatic hydroxyl groups excluding tert-OH is 2. The van der Waals surface area contributed by atoms with Gasteiger partial charge in [0.25, 0.3) is 0 Å². The number of nitrogens with one attached hydrogen (secondary N) is 1. The highest BCUT2D eigenvalue weighted by Crippen LogP contribution is 2.18. The van der Waals surface area contributed by atoms with Crippen LogP contribution in [0.1, 0.15) is 367 Å². The summed E-state index contributed by atoms with van der Waals surface area (Å²) in [6.45, 7) is 4.87. The highest BCUT2D eigenvalue weighted by molar-refractivity contribution is 5.76. The number of hydrogen-bond acceptors (Lipinski definition) is 5. The Balaban J connectivity index is 3.44. The van der Waals surface area contributed by atoms with Gasteiger partial charge in [0, 0.05) is 12.8 Å². The van der Waals surface area contributed by atoms with Crippen molar-refractivity contribution in [1.82, 2.24) is 5.32 Å². The molecule has 2 atom stereocenters. The molecule has 0 aliphatic rings. The molecular weight excluding hydrogens is 923 g/mol. The van der Waals surface area contributed by atoms with Gasteiger partial charge in [-0.05, 0) is 70.6 Å². The number of ether oxygens (including phenoxy) is 1. The average Bonchev–Trinajstić information content (AvgIpc) is 3.41. The topological polar surface area (TPSA) is 95.9 Å². The molecule has 0 radical (unpaired) electrons. The predicted molar refractivity (Wildman–Crippen MR) is 329 cm³/mol. The summed E-state index contributed by atoms with van der Waals surface area (Å²) in [6.07, 6.45) is 81.8. The van der Waals surface area contributed by atoms with Gasteiger partial charge in [-0.3, -0.25) is 9.59 Å². The number of unbranched alkanes of at least 4 members (excludes halogenated alkanes) is 46. The summed E-state index contributed by atoms with van der Waals surface area (Å²) in [5, 5.41) is 23.4. The van der Waals surface area contributed by atoms with Crippen LogP contribution in [0, 0.1) is 0 Å². The van der Waals surface area contributed by atoms with Crippen LogP contribution in [0.4, 0.5) is 0 Å². The van der Waals surface area contributed by atoms with Crippen LogP contribution in [-0.2, 0) is 14.3 Å². The molecule has 0 aromatic rings. The fraction of sp³-hybridized carbons (Fsp3) is 0.884. The molecule has 0 aromatic heterocycles. The molecule has 6 nitrogen and oxygen atoms in total. The number of aliphatic hydroxyl groups is 2. The first-order valence-electron chi connectivity index (χ1n) is 33.7. The lowest BCUT2D eigenvalue weighted by molar-refractivity contribution is -0.143. The predicted octanol–water partition coefficient (Wildman–Crippen LogP) is 21.5. The molecule has 0 heterocycles. The van der Waals surface area contributed by atoms with Gasteiger partial charge in [-0.1, -0.05) is 320 Å². The lowest BCUT2D eigenvalue weighted by Gasteiger charge is -2.22. The fourth-order valence-corrected chi connectivity index (χ4v) is 10.5. The summed E-state index contributed by atoms with van der Waals surface area (Å²) < 4.78 is 5.43. The Morgan fingerprint density at radius 2 is 0.667 bits per heavy atom. The van der Waals surface area contributed by atoms with Crippen LogP contribution in [0.25, 0.3) is 0 Å². The van der Waals surface area contributed by atoms with Gasteiger partial charge in [0.15, 0.2) is 0 Å². The number of esters is 1. The summed E-state index contributed by atoms with van der Waals surface area (Å²) in [4.78, 5) is 24.6. The Morgan fingerprint density at radius 3 is 1.03 bits per heavy atom. The average molecular weight is 1050 g/mol. The van der Waals surface area contributed by atoms with Gasteiger partial charge in [-0.25, -0.2) is 0 Å². The number of carbonyl (C=O) groups is 2. The Labute approximate surface area is 468 Å². The number of allylic oxidation sites excluding steroid dienone is 5. The molecule has 0 spiro atoms. The molecule has 0 aromatic carbocycles. The van der Waals surface area contributed by atoms with Gasteiger partial charge in [0.05, 0.1) is 25.4 Å². The highest BCUT2D eigenvalue weighted by Gasteiger charge is 2.20. The van der Waals surface area contributed by atoms with Crippen LogP contribution in [0.5, 0.6) is 0 Å². The van der Waals surface area contributed by atoms with Crippen LogP contribution in [0.15, 0.2) is 36.5 Å². The third-order valence-corrected chi connectivity index (χ3v) is 15.7. The van der Waals surface area contributed by atoms with Crippen molar-refractivity contribution in [2.45, 2.75) is 379 Å². The molecule has 442 valence electrons. The smallest absolute Gasteiger partial charge is 0.305 e. The minimum Gasteiger partial charge on any atom is -0.465 e. The van der Waals surface area contributed by atoms with E-state index < -0.39 is 12.1 Å². The zero-order valence-electron chi connectivity index (χ0n) is 50.5. The van der Waals surface area contributed by atoms with E-state index in [1.807, 2.05) is 0 Å². The normalized spacial score (nSPS) is 12.7. The Morgan fingerprint density at radius 1 is 0.373 bits per heavy atom. The first-order valence-corrected chi connectivity index (χ1v) is 33.7. The zero-order chi connectivity index (χ0) is 54.3. The second-order valence-corrected chi connectivity index (χ2v) is 23.1. The number of hydrogen-bond donors (Lipinski definition) is 3. The molecule has 6 heteroatoms. The molecular formula is C69H131NO5. The molecule has 0 fully saturated rings. The van der Waals surface area contributed by atoms with Gasteiger partial charge in [-0.15, -0.1) is 0 Å². The maximum Gasteiger partial charge on any atom is 0.305 e. The summed E-state index contributed by atoms with van der Waals surface area (Å²) >= 11 is 0. The molecule has 1 amide bonds. The number of amides is 1. The molecule has 0 aliphatic carbocycles. The van der Waals surface area contributed by atoms with E-state index in [2.05, 4.69) is 55.6 Å². The van der Waals surface area contributed by atoms with E-state index in [9.17, 15) is 19.8 Å². The Bertz CT molecular complexity index is 1210. The quantitative estimate of drug-likeness (QED) is 0.0320. The van der Waals surface area contributed by atoms with Crippen molar-refractivity contribution in [2.75, 3.05) is 13.2 Å². The molecule has 0 aliphatic heterocycles. The Kier molecular flexibility index (Phi) is 63.0. The largest absolute Gasteiger partial charge is 0.465 e. The fourth-order valence-electron chi connectivity index (χ4n) is 10.5. The van der Waals surface area contributed by atoms with Crippen LogP contribution in [-0.4, -0.2) is 47.4 Å². The zero-order valence-corrected chi connectivity index (χ0v) is 50.5. The monoisotopic (exact) mass is 1050 g/mol. The van der Waals surface area contributed by atoms with Crippen LogP contribution in [0.2, 0.25) is 0 Å². The van der Waals surface area contributed by atoms with Crippen molar-refractivity contribution in [1.29, 1.82) is 0 Å². The molecule has 2 unspecified atom stereocenters. The number of rotatable bonds is 63. The van der Waals surface area contributed by atoms with Crippen molar-refractivity contribution < 1.29 is 24.5 Å². The third-order valence-electron chi connectivity index (χ3n) is 15.7. The van der Waals surface area contributed by atoms with E-state index in [1.165, 1.54) is 283 Å². The second-order valence-electron chi connectivity index (χ2n) is 23.1. The van der Waals surface area contributed by atoms with Crippen molar-refractivity contribution in [3.05, 3.63) is 36.5 Å². The standard InChI is InChI=1S/C69H131NO5/c1-3-5-7-9-11-13-15-17-19-21-22-26-30-33-37-41-45-49-53-57-61-67(72)66(65-71)70-68(73)62-58-54-50-46-42-38-34-31-27-24-23-25-28-32-36-40-44-48-52-56-60-64-75-69(74)63-59-55-51-47-43-39-35-29-20-18-16-14-12-10-8-6-4-2/h18,20,40,44,52,56,66-67,71-72H,3-17,19,21-39,41-43,45-51,53-55,57-65H2,1-2H3,(H,70,73)/b20-18-,44-40-,56-52-. The van der Waals surface area contributed by atoms with Gasteiger partial charge in [-0.2, -0.15) is 0 Å². The van der Waals surface area contributed by atoms with E-state index in [0.29, 0.717) is 25.9 Å². The summed E-state index contributed by atoms with van der Waals surface area (Å²) in [7, 11) is 0. The van der Waals surface area contributed by atoms with Crippen molar-refractivity contribution in [3.63, 3.8) is 0 Å². The molecule has 0 saturated heterocycles. The lowest BCUT2D eigenvalue weighted by Crippen LogP contribution is -2.45. The molecule has 0 bridgehead atoms. The van der Waals surface area contributed by atoms with Crippen molar-refractivity contribution in [3.8, 4) is 0 Å². The van der Waals surface area contributed by atoms with Gasteiger partial charge in [0.1, 0.15) is 0 Å². The summed E-state index contributed by atoms with van der Waals surface area (Å²) in [6, 6.07) is -0.547. The first-order chi connectivity index (χ1) is 37.0. The van der Waals surface area contributed by atoms with E-state index in [1.54, 1.807) is 0 Å². The first kappa shape index (κ1) is 73.1. The summed E-state index contributed by atoms with van der Waals surface area (Å²) in [5.74, 6) is -0.0745. The lowest BCUT2D eigenvalue weighted by atomic mass is 10.0. The third kappa shape index (κ3) is 61.2. The van der Waals surface area contributed by atoms with Gasteiger partial charge < -0.3 is 20.3 Å². The highest BCUT2D eigenvalue weighted by atomic mass is 16.5. The maximum absolute atomic E-state index is 12.5. The van der Waals surface area contributed by atoms with E-state index >= 15 is 0 Å². The number of carbonyl (C=O) groups excluding carboxylic acids is 2. The van der Waals surface area contributed by atoms with Crippen LogP contribution >= 0.6 is 0 Å². The SMILES string of the molecule is CCCCCCCC/C=C\CCCCCCCCCC(=O)OCC/C=C\C/C=C\CCCCCCCCCCCCCCCCC(=O)NC(CO)C(O)CCCCCCCCCCCCCCCCCCCCCC. The molecule has 3 N–H and O–H groups in total. The van der Waals surface area contributed by atoms with Crippen LogP contribution < -0.4 is 5.32 Å². The minimum absolute atomic E-state index is 0.0366. The van der Waals surface area contributed by atoms with E-state index in [0.717, 1.165) is 51.4 Å². The van der Waals surface area contributed by atoms with Gasteiger partial charge in [0.2, 0.25) is 5.91 Å². The molecule has 75 heavy (non-hydrogen) atoms. The summed E-state index contributed by atoms with van der Waals surface area (Å²) in [5.41, 5.74) is 0. The van der Waals surface area contributed by atoms with E-state index in [-0.39, 0.29) is 18.5 Å². The maximum atomic E-state index is 12.5. The van der Waals surface area contributed by atoms with Gasteiger partial charge >= 0.3 is 5.97 Å².